The van der Waals surface area contributed by atoms with Gasteiger partial charge in [0, 0.05) is 23.6 Å². The molecule has 3 aromatic rings. The van der Waals surface area contributed by atoms with E-state index in [0.717, 1.165) is 62.3 Å². The third-order valence-corrected chi connectivity index (χ3v) is 8.38. The summed E-state index contributed by atoms with van der Waals surface area (Å²) in [4.78, 5) is 27.8. The molecule has 232 valence electrons. The Hall–Kier alpha value is -3.45. The van der Waals surface area contributed by atoms with Crippen molar-refractivity contribution in [1.29, 1.82) is 0 Å². The van der Waals surface area contributed by atoms with E-state index in [1.165, 1.54) is 18.4 Å². The van der Waals surface area contributed by atoms with Crippen molar-refractivity contribution in [3.8, 4) is 0 Å². The number of aromatic nitrogens is 2. The molecule has 0 bridgehead atoms. The lowest BCUT2D eigenvalue weighted by Crippen LogP contribution is -2.33. The zero-order valence-electron chi connectivity index (χ0n) is 26.9. The van der Waals surface area contributed by atoms with Gasteiger partial charge in [0.2, 0.25) is 5.91 Å². The number of amides is 2. The second kappa shape index (κ2) is 15.3. The molecule has 4 rings (SSSR count). The van der Waals surface area contributed by atoms with Crippen LogP contribution in [0.4, 0.5) is 5.69 Å². The lowest BCUT2D eigenvalue weighted by Gasteiger charge is -2.32. The van der Waals surface area contributed by atoms with E-state index in [0.29, 0.717) is 24.7 Å². The first-order valence-corrected chi connectivity index (χ1v) is 16.1. The van der Waals surface area contributed by atoms with Crippen molar-refractivity contribution in [2.45, 2.75) is 91.0 Å². The first kappa shape index (κ1) is 32.5. The van der Waals surface area contributed by atoms with Gasteiger partial charge in [-0.15, -0.1) is 0 Å². The van der Waals surface area contributed by atoms with Crippen molar-refractivity contribution in [3.63, 3.8) is 0 Å². The van der Waals surface area contributed by atoms with Crippen LogP contribution in [0, 0.1) is 5.92 Å². The number of carbonyl (C=O) groups excluding carboxylic acids is 2. The van der Waals surface area contributed by atoms with Gasteiger partial charge < -0.3 is 15.5 Å². The highest BCUT2D eigenvalue weighted by Crippen LogP contribution is 2.30. The molecule has 0 atom stereocenters. The molecule has 7 heteroatoms. The smallest absolute Gasteiger partial charge is 0.269 e. The van der Waals surface area contributed by atoms with Gasteiger partial charge in [-0.1, -0.05) is 89.9 Å². The topological polar surface area (TPSA) is 79.3 Å². The van der Waals surface area contributed by atoms with Crippen LogP contribution in [0.3, 0.4) is 0 Å². The molecular weight excluding hydrogens is 534 g/mol. The number of carbonyl (C=O) groups is 2. The standard InChI is InChI=1S/C36H51N5O2/c1-27(2)34(42)38-31-17-13-16-30(24-31)29-18-22-40(23-19-29)21-12-7-6-11-20-37-35(43)32-25-33(36(3,4)5)39-41(32)26-28-14-9-8-10-15-28/h8-10,13-17,24-25,27,29H,6-7,11-12,18-23,26H2,1-5H3,(H,37,43)(H,38,42). The number of likely N-dealkylation sites (tertiary alicyclic amines) is 1. The zero-order chi connectivity index (χ0) is 30.8. The summed E-state index contributed by atoms with van der Waals surface area (Å²) in [7, 11) is 0. The number of benzene rings is 2. The molecular formula is C36H51N5O2. The number of hydrogen-bond acceptors (Lipinski definition) is 4. The number of nitrogens with zero attached hydrogens (tertiary/aromatic N) is 3. The van der Waals surface area contributed by atoms with Gasteiger partial charge in [-0.3, -0.25) is 14.3 Å². The summed E-state index contributed by atoms with van der Waals surface area (Å²) in [6.07, 6.45) is 6.77. The molecule has 1 aromatic heterocycles. The third kappa shape index (κ3) is 9.78. The van der Waals surface area contributed by atoms with Gasteiger partial charge in [0.05, 0.1) is 12.2 Å². The second-order valence-corrected chi connectivity index (χ2v) is 13.4. The van der Waals surface area contributed by atoms with Crippen molar-refractivity contribution in [1.82, 2.24) is 20.0 Å². The highest BCUT2D eigenvalue weighted by Gasteiger charge is 2.23. The monoisotopic (exact) mass is 585 g/mol. The Kier molecular flexibility index (Phi) is 11.6. The van der Waals surface area contributed by atoms with Gasteiger partial charge in [0.15, 0.2) is 0 Å². The molecule has 0 aliphatic carbocycles. The van der Waals surface area contributed by atoms with E-state index in [1.807, 2.05) is 48.9 Å². The van der Waals surface area contributed by atoms with Gasteiger partial charge in [-0.25, -0.2) is 0 Å². The van der Waals surface area contributed by atoms with Crippen LogP contribution in [-0.2, 0) is 16.8 Å². The Labute approximate surface area is 258 Å². The normalized spacial score (nSPS) is 14.7. The van der Waals surface area contributed by atoms with E-state index in [-0.39, 0.29) is 23.1 Å². The minimum absolute atomic E-state index is 0.0200. The lowest BCUT2D eigenvalue weighted by molar-refractivity contribution is -0.118. The number of hydrogen-bond donors (Lipinski definition) is 2. The molecule has 1 aliphatic heterocycles. The van der Waals surface area contributed by atoms with Gasteiger partial charge in [-0.05, 0) is 80.6 Å². The first-order chi connectivity index (χ1) is 20.6. The fraction of sp³-hybridized carbons (Fsp3) is 0.528. The van der Waals surface area contributed by atoms with Gasteiger partial charge in [0.1, 0.15) is 5.69 Å². The van der Waals surface area contributed by atoms with Gasteiger partial charge >= 0.3 is 0 Å². The molecule has 2 heterocycles. The van der Waals surface area contributed by atoms with Crippen molar-refractivity contribution >= 4 is 17.5 Å². The van der Waals surface area contributed by atoms with E-state index < -0.39 is 0 Å². The summed E-state index contributed by atoms with van der Waals surface area (Å²) < 4.78 is 1.84. The molecule has 0 saturated carbocycles. The number of nitrogens with one attached hydrogen (secondary N) is 2. The molecule has 2 N–H and O–H groups in total. The summed E-state index contributed by atoms with van der Waals surface area (Å²) in [6, 6.07) is 20.5. The summed E-state index contributed by atoms with van der Waals surface area (Å²) in [5.74, 6) is 0.553. The van der Waals surface area contributed by atoms with E-state index in [2.05, 4.69) is 66.6 Å². The van der Waals surface area contributed by atoms with E-state index in [4.69, 9.17) is 5.10 Å². The molecule has 0 radical (unpaired) electrons. The molecule has 0 spiro atoms. The van der Waals surface area contributed by atoms with Crippen LogP contribution >= 0.6 is 0 Å². The molecule has 7 nitrogen and oxygen atoms in total. The number of unbranched alkanes of at least 4 members (excludes halogenated alkanes) is 3. The molecule has 1 fully saturated rings. The maximum absolute atomic E-state index is 13.1. The predicted octanol–water partition coefficient (Wildman–Crippen LogP) is 6.99. The van der Waals surface area contributed by atoms with Crippen molar-refractivity contribution in [3.05, 3.63) is 83.2 Å². The number of rotatable bonds is 13. The fourth-order valence-electron chi connectivity index (χ4n) is 5.60. The minimum atomic E-state index is -0.121. The second-order valence-electron chi connectivity index (χ2n) is 13.4. The van der Waals surface area contributed by atoms with Crippen molar-refractivity contribution in [2.24, 2.45) is 5.92 Å². The largest absolute Gasteiger partial charge is 0.351 e. The van der Waals surface area contributed by atoms with E-state index in [9.17, 15) is 9.59 Å². The Morgan fingerprint density at radius 2 is 1.65 bits per heavy atom. The number of piperidine rings is 1. The number of anilines is 1. The van der Waals surface area contributed by atoms with Crippen LogP contribution in [0.5, 0.6) is 0 Å². The highest BCUT2D eigenvalue weighted by atomic mass is 16.2. The van der Waals surface area contributed by atoms with E-state index >= 15 is 0 Å². The van der Waals surface area contributed by atoms with Crippen LogP contribution in [0.15, 0.2) is 60.7 Å². The summed E-state index contributed by atoms with van der Waals surface area (Å²) >= 11 is 0. The van der Waals surface area contributed by atoms with Gasteiger partial charge in [-0.2, -0.15) is 5.10 Å². The first-order valence-electron chi connectivity index (χ1n) is 16.1. The van der Waals surface area contributed by atoms with E-state index in [1.54, 1.807) is 0 Å². The predicted molar refractivity (Wildman–Crippen MR) is 176 cm³/mol. The Morgan fingerprint density at radius 3 is 2.35 bits per heavy atom. The molecule has 43 heavy (non-hydrogen) atoms. The Balaban J connectivity index is 1.14. The average Bonchev–Trinajstić information content (AvgIpc) is 3.42. The summed E-state index contributed by atoms with van der Waals surface area (Å²) in [5, 5.41) is 11.0. The van der Waals surface area contributed by atoms with Crippen LogP contribution in [-0.4, -0.2) is 52.7 Å². The Bertz CT molecular complexity index is 1320. The summed E-state index contributed by atoms with van der Waals surface area (Å²) in [6.45, 7) is 14.9. The van der Waals surface area contributed by atoms with Crippen LogP contribution < -0.4 is 10.6 Å². The highest BCUT2D eigenvalue weighted by molar-refractivity contribution is 5.93. The summed E-state index contributed by atoms with van der Waals surface area (Å²) in [5.41, 5.74) is 4.81. The molecule has 0 unspecified atom stereocenters. The van der Waals surface area contributed by atoms with Crippen LogP contribution in [0.1, 0.15) is 106 Å². The average molecular weight is 586 g/mol. The maximum Gasteiger partial charge on any atom is 0.269 e. The fourth-order valence-corrected chi connectivity index (χ4v) is 5.60. The zero-order valence-corrected chi connectivity index (χ0v) is 26.9. The quantitative estimate of drug-likeness (QED) is 0.212. The van der Waals surface area contributed by atoms with Crippen molar-refractivity contribution in [2.75, 3.05) is 31.5 Å². The van der Waals surface area contributed by atoms with Gasteiger partial charge in [0.25, 0.3) is 5.91 Å². The third-order valence-electron chi connectivity index (χ3n) is 8.38. The van der Waals surface area contributed by atoms with Crippen LogP contribution in [0.25, 0.3) is 0 Å². The maximum atomic E-state index is 13.1. The Morgan fingerprint density at radius 1 is 0.930 bits per heavy atom. The molecule has 1 saturated heterocycles. The van der Waals surface area contributed by atoms with Crippen molar-refractivity contribution < 1.29 is 9.59 Å². The molecule has 1 aliphatic rings. The molecule has 2 aromatic carbocycles. The lowest BCUT2D eigenvalue weighted by atomic mass is 9.89. The molecule has 2 amide bonds. The minimum Gasteiger partial charge on any atom is -0.351 e. The van der Waals surface area contributed by atoms with Crippen LogP contribution in [0.2, 0.25) is 0 Å². The SMILES string of the molecule is CC(C)C(=O)Nc1cccc(C2CCN(CCCCCCNC(=O)c3cc(C(C)(C)C)nn3Cc3ccccc3)CC2)c1.